The molecule has 0 aromatic heterocycles. The zero-order chi connectivity index (χ0) is 36.8. The standard InChI is InChI=1S/C46H39NO6/c1-34(48)51-31-32-52-46(49)53-44-29-21-39(22-30-44)45(38-19-27-43(50-2)28-20-38)33-37-17-25-42(26-18-37)47(40-11-7-4-8-12-40)41-23-15-36(16-24-41)14-13-35-9-5-3-6-10-35/h3-30,33H,31-32H2,1-2H3. The molecule has 6 aromatic rings. The highest BCUT2D eigenvalue weighted by atomic mass is 16.7. The van der Waals surface area contributed by atoms with Gasteiger partial charge in [-0.15, -0.1) is 0 Å². The Kier molecular flexibility index (Phi) is 12.1. The van der Waals surface area contributed by atoms with Crippen LogP contribution in [-0.4, -0.2) is 32.4 Å². The Morgan fingerprint density at radius 2 is 1.00 bits per heavy atom. The summed E-state index contributed by atoms with van der Waals surface area (Å²) in [5.74, 6) is 0.637. The average molecular weight is 702 g/mol. The normalized spacial score (nSPS) is 11.2. The van der Waals surface area contributed by atoms with Gasteiger partial charge in [0.1, 0.15) is 24.7 Å². The second-order valence-corrected chi connectivity index (χ2v) is 11.9. The lowest BCUT2D eigenvalue weighted by Gasteiger charge is -2.25. The van der Waals surface area contributed by atoms with Gasteiger partial charge in [0.05, 0.1) is 7.11 Å². The van der Waals surface area contributed by atoms with E-state index in [9.17, 15) is 9.59 Å². The largest absolute Gasteiger partial charge is 0.513 e. The van der Waals surface area contributed by atoms with Crippen molar-refractivity contribution in [2.45, 2.75) is 6.92 Å². The third-order valence-corrected chi connectivity index (χ3v) is 8.27. The zero-order valence-electron chi connectivity index (χ0n) is 29.6. The second-order valence-electron chi connectivity index (χ2n) is 11.9. The first-order chi connectivity index (χ1) is 25.9. The topological polar surface area (TPSA) is 74.3 Å². The number of rotatable bonds is 13. The van der Waals surface area contributed by atoms with Crippen molar-refractivity contribution in [3.63, 3.8) is 0 Å². The molecule has 0 amide bonds. The van der Waals surface area contributed by atoms with E-state index in [0.717, 1.165) is 56.2 Å². The maximum absolute atomic E-state index is 12.1. The van der Waals surface area contributed by atoms with E-state index in [1.807, 2.05) is 72.8 Å². The number of methoxy groups -OCH3 is 1. The van der Waals surface area contributed by atoms with Gasteiger partial charge in [0.2, 0.25) is 0 Å². The molecule has 0 heterocycles. The van der Waals surface area contributed by atoms with Crippen LogP contribution in [0.4, 0.5) is 21.9 Å². The van der Waals surface area contributed by atoms with E-state index in [1.54, 1.807) is 19.2 Å². The van der Waals surface area contributed by atoms with Gasteiger partial charge in [-0.3, -0.25) is 4.79 Å². The van der Waals surface area contributed by atoms with Crippen LogP contribution in [0.1, 0.15) is 34.7 Å². The number of esters is 1. The number of ether oxygens (including phenoxy) is 4. The molecule has 0 N–H and O–H groups in total. The molecule has 0 saturated carbocycles. The monoisotopic (exact) mass is 701 g/mol. The van der Waals surface area contributed by atoms with Crippen molar-refractivity contribution in [2.75, 3.05) is 25.2 Å². The van der Waals surface area contributed by atoms with Crippen LogP contribution in [0, 0.1) is 0 Å². The molecule has 264 valence electrons. The fourth-order valence-corrected chi connectivity index (χ4v) is 5.64. The Morgan fingerprint density at radius 1 is 0.528 bits per heavy atom. The lowest BCUT2D eigenvalue weighted by Crippen LogP contribution is -2.15. The molecular weight excluding hydrogens is 663 g/mol. The molecule has 0 bridgehead atoms. The maximum Gasteiger partial charge on any atom is 0.513 e. The molecule has 7 nitrogen and oxygen atoms in total. The maximum atomic E-state index is 12.1. The molecule has 0 spiro atoms. The van der Waals surface area contributed by atoms with Gasteiger partial charge in [-0.1, -0.05) is 109 Å². The van der Waals surface area contributed by atoms with Crippen LogP contribution in [0.25, 0.3) is 23.8 Å². The Morgan fingerprint density at radius 3 is 1.55 bits per heavy atom. The van der Waals surface area contributed by atoms with Gasteiger partial charge in [0.25, 0.3) is 0 Å². The van der Waals surface area contributed by atoms with E-state index >= 15 is 0 Å². The van der Waals surface area contributed by atoms with Crippen molar-refractivity contribution >= 4 is 53.0 Å². The first kappa shape index (κ1) is 35.9. The van der Waals surface area contributed by atoms with Crippen molar-refractivity contribution < 1.29 is 28.5 Å². The van der Waals surface area contributed by atoms with Gasteiger partial charge in [0.15, 0.2) is 0 Å². The lowest BCUT2D eigenvalue weighted by atomic mass is 9.95. The first-order valence-electron chi connectivity index (χ1n) is 17.2. The summed E-state index contributed by atoms with van der Waals surface area (Å²) in [5, 5.41) is 0. The molecule has 0 aliphatic rings. The minimum Gasteiger partial charge on any atom is -0.497 e. The fourth-order valence-electron chi connectivity index (χ4n) is 5.64. The van der Waals surface area contributed by atoms with Crippen LogP contribution in [0.5, 0.6) is 11.5 Å². The van der Waals surface area contributed by atoms with E-state index in [1.165, 1.54) is 6.92 Å². The summed E-state index contributed by atoms with van der Waals surface area (Å²) < 4.78 is 20.5. The molecule has 0 radical (unpaired) electrons. The third-order valence-electron chi connectivity index (χ3n) is 8.27. The third kappa shape index (κ3) is 10.1. The summed E-state index contributed by atoms with van der Waals surface area (Å²) in [6.07, 6.45) is 5.49. The molecular formula is C46H39NO6. The number of anilines is 3. The molecule has 0 saturated heterocycles. The summed E-state index contributed by atoms with van der Waals surface area (Å²) in [5.41, 5.74) is 9.28. The van der Waals surface area contributed by atoms with Crippen molar-refractivity contribution in [2.24, 2.45) is 0 Å². The van der Waals surface area contributed by atoms with Crippen LogP contribution in [0.3, 0.4) is 0 Å². The van der Waals surface area contributed by atoms with Gasteiger partial charge in [0, 0.05) is 24.0 Å². The number of carbonyl (C=O) groups excluding carboxylic acids is 2. The molecule has 0 fully saturated rings. The lowest BCUT2D eigenvalue weighted by molar-refractivity contribution is -0.142. The predicted octanol–water partition coefficient (Wildman–Crippen LogP) is 11.0. The van der Waals surface area contributed by atoms with Crippen LogP contribution in [0.2, 0.25) is 0 Å². The molecule has 6 aromatic carbocycles. The molecule has 0 aliphatic carbocycles. The summed E-state index contributed by atoms with van der Waals surface area (Å²) in [6, 6.07) is 52.7. The highest BCUT2D eigenvalue weighted by Crippen LogP contribution is 2.36. The first-order valence-corrected chi connectivity index (χ1v) is 17.2. The predicted molar refractivity (Wildman–Crippen MR) is 212 cm³/mol. The van der Waals surface area contributed by atoms with Gasteiger partial charge in [-0.05, 0) is 100 Å². The number of benzene rings is 6. The smallest absolute Gasteiger partial charge is 0.497 e. The van der Waals surface area contributed by atoms with Crippen molar-refractivity contribution in [3.05, 3.63) is 186 Å². The summed E-state index contributed by atoms with van der Waals surface area (Å²) in [4.78, 5) is 25.3. The summed E-state index contributed by atoms with van der Waals surface area (Å²) in [7, 11) is 1.64. The van der Waals surface area contributed by atoms with Gasteiger partial charge >= 0.3 is 12.1 Å². The SMILES string of the molecule is COc1ccc(C(=Cc2ccc(N(c3ccccc3)c3ccc(C=Cc4ccccc4)cc3)cc2)c2ccc(OC(=O)OCCOC(C)=O)cc2)cc1. The van der Waals surface area contributed by atoms with Crippen LogP contribution < -0.4 is 14.4 Å². The van der Waals surface area contributed by atoms with E-state index in [0.29, 0.717) is 5.75 Å². The van der Waals surface area contributed by atoms with E-state index < -0.39 is 12.1 Å². The Hall–Kier alpha value is -6.86. The van der Waals surface area contributed by atoms with Crippen molar-refractivity contribution in [1.29, 1.82) is 0 Å². The molecule has 0 aliphatic heterocycles. The molecule has 53 heavy (non-hydrogen) atoms. The fraction of sp³-hybridized carbons (Fsp3) is 0.0870. The number of carbonyl (C=O) groups is 2. The Bertz CT molecular complexity index is 2140. The summed E-state index contributed by atoms with van der Waals surface area (Å²) in [6.45, 7) is 1.16. The van der Waals surface area contributed by atoms with E-state index in [-0.39, 0.29) is 13.2 Å². The highest BCUT2D eigenvalue weighted by Gasteiger charge is 2.14. The quantitative estimate of drug-likeness (QED) is 0.0513. The van der Waals surface area contributed by atoms with E-state index in [2.05, 4.69) is 95.9 Å². The summed E-state index contributed by atoms with van der Waals surface area (Å²) >= 11 is 0. The van der Waals surface area contributed by atoms with Crippen LogP contribution in [-0.2, 0) is 14.3 Å². The second kappa shape index (κ2) is 17.9. The van der Waals surface area contributed by atoms with Gasteiger partial charge in [-0.2, -0.15) is 0 Å². The number of hydrogen-bond donors (Lipinski definition) is 0. The van der Waals surface area contributed by atoms with Crippen LogP contribution >= 0.6 is 0 Å². The van der Waals surface area contributed by atoms with Crippen molar-refractivity contribution in [3.8, 4) is 11.5 Å². The van der Waals surface area contributed by atoms with E-state index in [4.69, 9.17) is 18.9 Å². The highest BCUT2D eigenvalue weighted by molar-refractivity contribution is 5.92. The van der Waals surface area contributed by atoms with Crippen molar-refractivity contribution in [1.82, 2.24) is 0 Å². The molecule has 7 heteroatoms. The van der Waals surface area contributed by atoms with Crippen LogP contribution in [0.15, 0.2) is 158 Å². The number of nitrogens with zero attached hydrogens (tertiary/aromatic N) is 1. The Labute approximate surface area is 310 Å². The number of para-hydroxylation sites is 1. The average Bonchev–Trinajstić information content (AvgIpc) is 3.20. The molecule has 0 atom stereocenters. The van der Waals surface area contributed by atoms with Gasteiger partial charge in [-0.25, -0.2) is 4.79 Å². The molecule has 0 unspecified atom stereocenters. The minimum absolute atomic E-state index is 0.0366. The number of hydrogen-bond acceptors (Lipinski definition) is 7. The Balaban J connectivity index is 1.25. The van der Waals surface area contributed by atoms with Gasteiger partial charge < -0.3 is 23.8 Å². The molecule has 6 rings (SSSR count). The minimum atomic E-state index is -0.878. The zero-order valence-corrected chi connectivity index (χ0v) is 29.6.